The fourth-order valence-electron chi connectivity index (χ4n) is 2.70. The van der Waals surface area contributed by atoms with E-state index >= 15 is 0 Å². The maximum absolute atomic E-state index is 12.8. The van der Waals surface area contributed by atoms with Crippen molar-refractivity contribution in [3.8, 4) is 0 Å². The highest BCUT2D eigenvalue weighted by molar-refractivity contribution is 5.78. The van der Waals surface area contributed by atoms with Crippen LogP contribution >= 0.6 is 0 Å². The summed E-state index contributed by atoms with van der Waals surface area (Å²) in [6.07, 6.45) is 4.22. The number of rotatable bonds is 5. The van der Waals surface area contributed by atoms with Gasteiger partial charge in [0.1, 0.15) is 5.82 Å². The Hall–Kier alpha value is -2.16. The van der Waals surface area contributed by atoms with Gasteiger partial charge in [0.2, 0.25) is 5.91 Å². The van der Waals surface area contributed by atoms with Gasteiger partial charge in [-0.1, -0.05) is 42.8 Å². The second-order valence-corrected chi connectivity index (χ2v) is 5.95. The molecule has 2 aromatic carbocycles. The van der Waals surface area contributed by atoms with Gasteiger partial charge in [0, 0.05) is 6.54 Å². The molecule has 1 amide bonds. The van der Waals surface area contributed by atoms with Crippen molar-refractivity contribution in [2.75, 3.05) is 0 Å². The summed E-state index contributed by atoms with van der Waals surface area (Å²) < 4.78 is 12.8. The maximum atomic E-state index is 12.8. The van der Waals surface area contributed by atoms with Crippen LogP contribution in [-0.2, 0) is 17.8 Å². The molecule has 0 radical (unpaired) electrons. The molecule has 0 aliphatic heterocycles. The van der Waals surface area contributed by atoms with Crippen LogP contribution in [0.15, 0.2) is 48.5 Å². The van der Waals surface area contributed by atoms with Crippen molar-refractivity contribution in [1.29, 1.82) is 0 Å². The molecule has 0 spiro atoms. The van der Waals surface area contributed by atoms with E-state index in [0.717, 1.165) is 17.0 Å². The van der Waals surface area contributed by atoms with Crippen LogP contribution in [-0.4, -0.2) is 5.91 Å². The lowest BCUT2D eigenvalue weighted by molar-refractivity contribution is -0.120. The molecule has 1 N–H and O–H groups in total. The molecule has 114 valence electrons. The SMILES string of the molecule is O=C(Cc1ccc(F)cc1)NCc1ccc(C2CCC2)cc1. The zero-order chi connectivity index (χ0) is 15.4. The van der Waals surface area contributed by atoms with Crippen molar-refractivity contribution in [3.63, 3.8) is 0 Å². The van der Waals surface area contributed by atoms with Crippen molar-refractivity contribution in [3.05, 3.63) is 71.0 Å². The first-order valence-electron chi connectivity index (χ1n) is 7.81. The first kappa shape index (κ1) is 14.8. The topological polar surface area (TPSA) is 29.1 Å². The van der Waals surface area contributed by atoms with Crippen LogP contribution in [0.1, 0.15) is 41.9 Å². The molecule has 2 aromatic rings. The summed E-state index contributed by atoms with van der Waals surface area (Å²) in [5.74, 6) is 0.410. The number of halogens is 1. The second kappa shape index (κ2) is 6.73. The van der Waals surface area contributed by atoms with Gasteiger partial charge in [0.15, 0.2) is 0 Å². The minimum Gasteiger partial charge on any atom is -0.352 e. The number of hydrogen-bond acceptors (Lipinski definition) is 1. The molecule has 2 nitrogen and oxygen atoms in total. The number of carbonyl (C=O) groups is 1. The van der Waals surface area contributed by atoms with E-state index in [4.69, 9.17) is 0 Å². The van der Waals surface area contributed by atoms with E-state index in [0.29, 0.717) is 6.54 Å². The predicted octanol–water partition coefficient (Wildman–Crippen LogP) is 3.95. The highest BCUT2D eigenvalue weighted by atomic mass is 19.1. The molecule has 0 unspecified atom stereocenters. The lowest BCUT2D eigenvalue weighted by atomic mass is 9.80. The molecule has 1 fully saturated rings. The number of hydrogen-bond donors (Lipinski definition) is 1. The zero-order valence-electron chi connectivity index (χ0n) is 12.5. The van der Waals surface area contributed by atoms with E-state index in [2.05, 4.69) is 29.6 Å². The summed E-state index contributed by atoms with van der Waals surface area (Å²) in [6, 6.07) is 14.6. The Kier molecular flexibility index (Phi) is 4.52. The maximum Gasteiger partial charge on any atom is 0.224 e. The minimum absolute atomic E-state index is 0.0466. The Labute approximate surface area is 130 Å². The lowest BCUT2D eigenvalue weighted by Crippen LogP contribution is -2.24. The molecule has 3 rings (SSSR count). The third-order valence-electron chi connectivity index (χ3n) is 4.32. The van der Waals surface area contributed by atoms with Crippen LogP contribution in [0.2, 0.25) is 0 Å². The molecule has 22 heavy (non-hydrogen) atoms. The molecule has 1 saturated carbocycles. The van der Waals surface area contributed by atoms with Crippen LogP contribution < -0.4 is 5.32 Å². The van der Waals surface area contributed by atoms with E-state index < -0.39 is 0 Å². The van der Waals surface area contributed by atoms with Crippen LogP contribution in [0.3, 0.4) is 0 Å². The highest BCUT2D eigenvalue weighted by Gasteiger charge is 2.18. The van der Waals surface area contributed by atoms with Gasteiger partial charge < -0.3 is 5.32 Å². The van der Waals surface area contributed by atoms with Crippen LogP contribution in [0.25, 0.3) is 0 Å². The van der Waals surface area contributed by atoms with Gasteiger partial charge in [0.25, 0.3) is 0 Å². The van der Waals surface area contributed by atoms with Gasteiger partial charge in [0.05, 0.1) is 6.42 Å². The summed E-state index contributed by atoms with van der Waals surface area (Å²) >= 11 is 0. The second-order valence-electron chi connectivity index (χ2n) is 5.95. The van der Waals surface area contributed by atoms with Crippen molar-refractivity contribution in [1.82, 2.24) is 5.32 Å². The molecule has 1 aliphatic rings. The van der Waals surface area contributed by atoms with Gasteiger partial charge in [-0.15, -0.1) is 0 Å². The molecular weight excluding hydrogens is 277 g/mol. The number of carbonyl (C=O) groups excluding carboxylic acids is 1. The van der Waals surface area contributed by atoms with Crippen molar-refractivity contribution in [2.24, 2.45) is 0 Å². The Bertz CT molecular complexity index is 629. The summed E-state index contributed by atoms with van der Waals surface area (Å²) in [5, 5.41) is 2.91. The van der Waals surface area contributed by atoms with Crippen LogP contribution in [0, 0.1) is 5.82 Å². The fourth-order valence-corrected chi connectivity index (χ4v) is 2.70. The average molecular weight is 297 g/mol. The first-order chi connectivity index (χ1) is 10.7. The number of benzene rings is 2. The average Bonchev–Trinajstić information content (AvgIpc) is 2.47. The molecule has 0 heterocycles. The smallest absolute Gasteiger partial charge is 0.224 e. The Morgan fingerprint density at radius 1 is 1.00 bits per heavy atom. The number of amides is 1. The summed E-state index contributed by atoms with van der Waals surface area (Å²) in [7, 11) is 0. The largest absolute Gasteiger partial charge is 0.352 e. The summed E-state index contributed by atoms with van der Waals surface area (Å²) in [5.41, 5.74) is 3.34. The fraction of sp³-hybridized carbons (Fsp3) is 0.316. The van der Waals surface area contributed by atoms with Crippen LogP contribution in [0.4, 0.5) is 4.39 Å². The molecule has 0 aromatic heterocycles. The molecular formula is C19H20FNO. The third-order valence-corrected chi connectivity index (χ3v) is 4.32. The quantitative estimate of drug-likeness (QED) is 0.889. The normalized spacial score (nSPS) is 14.4. The van der Waals surface area contributed by atoms with Gasteiger partial charge in [-0.3, -0.25) is 4.79 Å². The van der Waals surface area contributed by atoms with E-state index in [1.165, 1.54) is 37.0 Å². The predicted molar refractivity (Wildman–Crippen MR) is 85.0 cm³/mol. The van der Waals surface area contributed by atoms with Gasteiger partial charge >= 0.3 is 0 Å². The van der Waals surface area contributed by atoms with E-state index in [9.17, 15) is 9.18 Å². The van der Waals surface area contributed by atoms with Crippen LogP contribution in [0.5, 0.6) is 0 Å². The van der Waals surface area contributed by atoms with Gasteiger partial charge in [-0.05, 0) is 47.6 Å². The Morgan fingerprint density at radius 2 is 1.64 bits per heavy atom. The molecule has 0 bridgehead atoms. The monoisotopic (exact) mass is 297 g/mol. The standard InChI is InChI=1S/C19H20FNO/c20-18-10-6-14(7-11-18)12-19(22)21-13-15-4-8-17(9-5-15)16-2-1-3-16/h4-11,16H,1-3,12-13H2,(H,21,22). The van der Waals surface area contributed by atoms with E-state index in [1.807, 2.05) is 0 Å². The molecule has 1 aliphatic carbocycles. The van der Waals surface area contributed by atoms with Gasteiger partial charge in [-0.2, -0.15) is 0 Å². The van der Waals surface area contributed by atoms with E-state index in [1.54, 1.807) is 12.1 Å². The molecule has 3 heteroatoms. The van der Waals surface area contributed by atoms with Gasteiger partial charge in [-0.25, -0.2) is 4.39 Å². The van der Waals surface area contributed by atoms with E-state index in [-0.39, 0.29) is 18.1 Å². The first-order valence-corrected chi connectivity index (χ1v) is 7.81. The minimum atomic E-state index is -0.282. The van der Waals surface area contributed by atoms with Crippen molar-refractivity contribution >= 4 is 5.91 Å². The Morgan fingerprint density at radius 3 is 2.23 bits per heavy atom. The number of nitrogens with one attached hydrogen (secondary N) is 1. The van der Waals surface area contributed by atoms with Crippen molar-refractivity contribution in [2.45, 2.75) is 38.1 Å². The zero-order valence-corrected chi connectivity index (χ0v) is 12.5. The van der Waals surface area contributed by atoms with Crippen molar-refractivity contribution < 1.29 is 9.18 Å². The molecule has 0 atom stereocenters. The summed E-state index contributed by atoms with van der Waals surface area (Å²) in [4.78, 5) is 11.9. The third kappa shape index (κ3) is 3.73. The summed E-state index contributed by atoms with van der Waals surface area (Å²) in [6.45, 7) is 0.533. The lowest BCUT2D eigenvalue weighted by Gasteiger charge is -2.25. The highest BCUT2D eigenvalue weighted by Crippen LogP contribution is 2.36. The molecule has 0 saturated heterocycles. The Balaban J connectivity index is 1.48.